The number of rotatable bonds is 13. The van der Waals surface area contributed by atoms with Crippen molar-refractivity contribution in [3.8, 4) is 0 Å². The monoisotopic (exact) mass is 823 g/mol. The lowest BCUT2D eigenvalue weighted by molar-refractivity contribution is -0.286. The van der Waals surface area contributed by atoms with Crippen LogP contribution >= 0.6 is 0 Å². The van der Waals surface area contributed by atoms with Crippen LogP contribution in [-0.4, -0.2) is 119 Å². The summed E-state index contributed by atoms with van der Waals surface area (Å²) < 4.78 is 56.9. The average Bonchev–Trinajstić information content (AvgIpc) is 3.39. The maximum atomic E-state index is 13.6. The second-order valence-corrected chi connectivity index (χ2v) is 15.8. The summed E-state index contributed by atoms with van der Waals surface area (Å²) in [5.41, 5.74) is 24.4. The SMILES string of the molecule is CC1C(N)CC(N)C(OC2OC(CNC(=O)CC[C@H](N)C(=O)N[C@H](Cc3ccc(C(F)(F)F)cc3)C(=O)Nc3ccc4c(c3)B(O)OC4(C)C)C(O)C(O)C2N)C1O. The van der Waals surface area contributed by atoms with Crippen molar-refractivity contribution in [1.82, 2.24) is 10.6 Å². The van der Waals surface area contributed by atoms with Gasteiger partial charge in [0.05, 0.1) is 29.4 Å². The fraction of sp³-hybridized carbons (Fsp3) is 0.595. The highest BCUT2D eigenvalue weighted by Crippen LogP contribution is 2.32. The number of benzene rings is 2. The number of aliphatic hydroxyl groups is 3. The van der Waals surface area contributed by atoms with Gasteiger partial charge in [0.15, 0.2) is 6.29 Å². The van der Waals surface area contributed by atoms with Gasteiger partial charge in [-0.3, -0.25) is 14.4 Å². The van der Waals surface area contributed by atoms with Gasteiger partial charge in [0.2, 0.25) is 17.7 Å². The second-order valence-electron chi connectivity index (χ2n) is 15.8. The number of anilines is 1. The summed E-state index contributed by atoms with van der Waals surface area (Å²) in [4.78, 5) is 39.7. The third-order valence-electron chi connectivity index (χ3n) is 11.1. The summed E-state index contributed by atoms with van der Waals surface area (Å²) in [7, 11) is -1.25. The van der Waals surface area contributed by atoms with E-state index in [-0.39, 0.29) is 43.5 Å². The van der Waals surface area contributed by atoms with Crippen LogP contribution in [0.2, 0.25) is 0 Å². The molecule has 320 valence electrons. The van der Waals surface area contributed by atoms with Crippen molar-refractivity contribution in [1.29, 1.82) is 0 Å². The van der Waals surface area contributed by atoms with Crippen molar-refractivity contribution in [2.45, 2.75) is 125 Å². The fourth-order valence-electron chi connectivity index (χ4n) is 7.35. The predicted molar refractivity (Wildman–Crippen MR) is 203 cm³/mol. The van der Waals surface area contributed by atoms with E-state index in [2.05, 4.69) is 16.0 Å². The molecule has 1 saturated carbocycles. The molecule has 2 heterocycles. The molecule has 17 nitrogen and oxygen atoms in total. The standard InChI is InChI=1S/C37H53BF3N7O10/c1-16-23(43)14-24(44)32(29(16)50)57-35-28(45)31(52)30(51)26(56-35)15-46-27(49)11-10-22(42)33(53)48-25(12-17-4-6-18(7-5-17)37(39,40)41)34(54)47-19-8-9-20-21(13-19)38(55)58-36(20,2)3/h4-9,13,16,22-26,28-32,35,50-52,55H,10-12,14-15,42-45H2,1-3H3,(H,46,49)(H,47,54)(H,48,53)/t16?,22-,23?,24?,25+,26?,28?,29?,30?,31?,32?,35?/m0/s1. The van der Waals surface area contributed by atoms with Crippen molar-refractivity contribution in [3.05, 3.63) is 59.2 Å². The maximum Gasteiger partial charge on any atom is 0.492 e. The summed E-state index contributed by atoms with van der Waals surface area (Å²) in [6, 6.07) is 3.92. The number of nitrogens with two attached hydrogens (primary N) is 4. The minimum atomic E-state index is -4.59. The average molecular weight is 824 g/mol. The number of fused-ring (bicyclic) bond motifs is 1. The van der Waals surface area contributed by atoms with E-state index < -0.39 is 103 Å². The van der Waals surface area contributed by atoms with Crippen LogP contribution in [0.25, 0.3) is 0 Å². The molecular weight excluding hydrogens is 770 g/mol. The van der Waals surface area contributed by atoms with Crippen LogP contribution in [-0.2, 0) is 46.7 Å². The van der Waals surface area contributed by atoms with Gasteiger partial charge in [0, 0.05) is 37.2 Å². The van der Waals surface area contributed by atoms with Crippen molar-refractivity contribution in [2.75, 3.05) is 11.9 Å². The molecule has 2 aromatic carbocycles. The number of carbonyl (C=O) groups is 3. The maximum absolute atomic E-state index is 13.6. The van der Waals surface area contributed by atoms with Crippen LogP contribution in [0.3, 0.4) is 0 Å². The minimum absolute atomic E-state index is 0.212. The zero-order valence-electron chi connectivity index (χ0n) is 32.3. The number of alkyl halides is 3. The van der Waals surface area contributed by atoms with E-state index in [9.17, 15) is 47.9 Å². The van der Waals surface area contributed by atoms with E-state index in [1.54, 1.807) is 32.9 Å². The number of carbonyl (C=O) groups excluding carboxylic acids is 3. The van der Waals surface area contributed by atoms with Gasteiger partial charge in [-0.05, 0) is 73.5 Å². The summed E-state index contributed by atoms with van der Waals surface area (Å²) in [6.45, 7) is 4.96. The van der Waals surface area contributed by atoms with Crippen LogP contribution in [0.5, 0.6) is 0 Å². The van der Waals surface area contributed by atoms with Crippen LogP contribution in [0.15, 0.2) is 42.5 Å². The molecule has 21 heteroatoms. The van der Waals surface area contributed by atoms with Crippen molar-refractivity contribution < 1.29 is 62.0 Å². The van der Waals surface area contributed by atoms with E-state index in [1.165, 1.54) is 18.2 Å². The highest BCUT2D eigenvalue weighted by atomic mass is 19.4. The van der Waals surface area contributed by atoms with Crippen molar-refractivity contribution >= 4 is 36.0 Å². The number of hydrogen-bond donors (Lipinski definition) is 11. The Hall–Kier alpha value is -3.74. The summed E-state index contributed by atoms with van der Waals surface area (Å²) in [5, 5.41) is 50.1. The predicted octanol–water partition coefficient (Wildman–Crippen LogP) is -2.24. The van der Waals surface area contributed by atoms with E-state index in [4.69, 9.17) is 37.1 Å². The number of halogens is 3. The Labute approximate surface area is 333 Å². The quantitative estimate of drug-likeness (QED) is 0.0954. The number of amides is 3. The summed E-state index contributed by atoms with van der Waals surface area (Å²) in [6.07, 6.45) is -12.6. The molecular formula is C37H53BF3N7O10. The number of nitrogens with one attached hydrogen (secondary N) is 3. The Bertz CT molecular complexity index is 1780. The molecule has 10 unspecified atom stereocenters. The molecule has 2 aromatic rings. The number of ether oxygens (including phenoxy) is 2. The fourth-order valence-corrected chi connectivity index (χ4v) is 7.35. The molecule has 2 aliphatic heterocycles. The van der Waals surface area contributed by atoms with Gasteiger partial charge in [-0.25, -0.2) is 0 Å². The Morgan fingerprint density at radius 3 is 2.33 bits per heavy atom. The van der Waals surface area contributed by atoms with Gasteiger partial charge in [-0.2, -0.15) is 13.2 Å². The molecule has 58 heavy (non-hydrogen) atoms. The Morgan fingerprint density at radius 2 is 1.67 bits per heavy atom. The largest absolute Gasteiger partial charge is 0.492 e. The molecule has 0 aromatic heterocycles. The Kier molecular flexibility index (Phi) is 14.3. The highest BCUT2D eigenvalue weighted by Gasteiger charge is 2.48. The van der Waals surface area contributed by atoms with E-state index in [0.717, 1.165) is 12.1 Å². The topological polar surface area (TPSA) is 300 Å². The van der Waals surface area contributed by atoms with Gasteiger partial charge >= 0.3 is 13.3 Å². The lowest BCUT2D eigenvalue weighted by Gasteiger charge is -2.46. The zero-order valence-corrected chi connectivity index (χ0v) is 32.3. The van der Waals surface area contributed by atoms with Gasteiger partial charge in [0.1, 0.15) is 30.5 Å². The van der Waals surface area contributed by atoms with Crippen molar-refractivity contribution in [2.24, 2.45) is 28.9 Å². The molecule has 15 N–H and O–H groups in total. The molecule has 0 spiro atoms. The summed E-state index contributed by atoms with van der Waals surface area (Å²) in [5.74, 6) is -2.54. The first-order valence-corrected chi connectivity index (χ1v) is 19.0. The third-order valence-corrected chi connectivity index (χ3v) is 11.1. The molecule has 2 fully saturated rings. The Morgan fingerprint density at radius 1 is 1.00 bits per heavy atom. The molecule has 12 atom stereocenters. The third kappa shape index (κ3) is 10.5. The van der Waals surface area contributed by atoms with Crippen LogP contribution < -0.4 is 44.3 Å². The smallest absolute Gasteiger partial charge is 0.423 e. The first-order chi connectivity index (χ1) is 27.1. The van der Waals surface area contributed by atoms with Gasteiger partial charge in [0.25, 0.3) is 0 Å². The normalized spacial score (nSPS) is 30.6. The number of hydrogen-bond acceptors (Lipinski definition) is 14. The van der Waals surface area contributed by atoms with Crippen LogP contribution in [0.1, 0.15) is 56.7 Å². The highest BCUT2D eigenvalue weighted by molar-refractivity contribution is 6.62. The molecule has 0 bridgehead atoms. The first kappa shape index (κ1) is 45.4. The second kappa shape index (κ2) is 18.3. The molecule has 5 rings (SSSR count). The molecule has 1 aliphatic carbocycles. The molecule has 1 saturated heterocycles. The van der Waals surface area contributed by atoms with Gasteiger partial charge in [-0.1, -0.05) is 25.1 Å². The molecule has 0 radical (unpaired) electrons. The minimum Gasteiger partial charge on any atom is -0.423 e. The Balaban J connectivity index is 1.18. The van der Waals surface area contributed by atoms with Crippen LogP contribution in [0, 0.1) is 5.92 Å². The number of aliphatic hydroxyl groups excluding tert-OH is 3. The van der Waals surface area contributed by atoms with Crippen LogP contribution in [0.4, 0.5) is 18.9 Å². The van der Waals surface area contributed by atoms with Crippen molar-refractivity contribution in [3.63, 3.8) is 0 Å². The summed E-state index contributed by atoms with van der Waals surface area (Å²) >= 11 is 0. The molecule has 3 amide bonds. The lowest BCUT2D eigenvalue weighted by Crippen LogP contribution is -2.66. The van der Waals surface area contributed by atoms with E-state index >= 15 is 0 Å². The van der Waals surface area contributed by atoms with Gasteiger partial charge < -0.3 is 73.4 Å². The zero-order chi connectivity index (χ0) is 42.9. The van der Waals surface area contributed by atoms with E-state index in [0.29, 0.717) is 23.0 Å². The van der Waals surface area contributed by atoms with E-state index in [1.807, 2.05) is 0 Å². The molecule has 3 aliphatic rings. The lowest BCUT2D eigenvalue weighted by atomic mass is 9.78. The first-order valence-electron chi connectivity index (χ1n) is 19.0. The van der Waals surface area contributed by atoms with Gasteiger partial charge in [-0.15, -0.1) is 0 Å².